The molecule has 3 rings (SSSR count). The topological polar surface area (TPSA) is 78.1 Å². The van der Waals surface area contributed by atoms with Crippen molar-refractivity contribution in [3.8, 4) is 23.0 Å². The van der Waals surface area contributed by atoms with Gasteiger partial charge in [-0.3, -0.25) is 4.79 Å². The maximum atomic E-state index is 12.3. The third-order valence-corrected chi connectivity index (χ3v) is 4.55. The maximum absolute atomic E-state index is 12.3. The second-order valence-corrected chi connectivity index (χ2v) is 6.60. The first-order valence-electron chi connectivity index (χ1n) is 9.73. The second-order valence-electron chi connectivity index (χ2n) is 6.60. The van der Waals surface area contributed by atoms with Crippen LogP contribution in [0.15, 0.2) is 66.7 Å². The van der Waals surface area contributed by atoms with Gasteiger partial charge in [0.25, 0.3) is 5.91 Å². The Morgan fingerprint density at radius 2 is 1.55 bits per heavy atom. The Morgan fingerprint density at radius 1 is 0.806 bits per heavy atom. The van der Waals surface area contributed by atoms with E-state index in [1.54, 1.807) is 39.5 Å². The predicted octanol–water partition coefficient (Wildman–Crippen LogP) is 4.34. The molecule has 7 nitrogen and oxygen atoms in total. The number of hydrogen-bond donors (Lipinski definition) is 2. The standard InChI is InChI=1S/C24H26N2O5/c1-28-19-11-9-18(10-12-19)25-15-17-8-13-22(23(14-17)30-3)31-16-24(27)26-20-6-4-5-7-21(20)29-2/h4-14,25H,15-16H2,1-3H3,(H,26,27). The Labute approximate surface area is 181 Å². The van der Waals surface area contributed by atoms with Crippen LogP contribution in [0, 0.1) is 0 Å². The molecule has 7 heteroatoms. The van der Waals surface area contributed by atoms with E-state index in [0.717, 1.165) is 17.0 Å². The smallest absolute Gasteiger partial charge is 0.262 e. The summed E-state index contributed by atoms with van der Waals surface area (Å²) in [7, 11) is 4.76. The number of amides is 1. The summed E-state index contributed by atoms with van der Waals surface area (Å²) in [6, 6.07) is 20.5. The Bertz CT molecular complexity index is 1010. The molecule has 0 bridgehead atoms. The van der Waals surface area contributed by atoms with E-state index in [9.17, 15) is 4.79 Å². The van der Waals surface area contributed by atoms with Gasteiger partial charge in [-0.1, -0.05) is 18.2 Å². The maximum Gasteiger partial charge on any atom is 0.262 e. The van der Waals surface area contributed by atoms with Crippen LogP contribution in [0.3, 0.4) is 0 Å². The van der Waals surface area contributed by atoms with Crippen LogP contribution in [-0.4, -0.2) is 33.8 Å². The molecule has 0 aliphatic heterocycles. The van der Waals surface area contributed by atoms with Crippen molar-refractivity contribution >= 4 is 17.3 Å². The minimum absolute atomic E-state index is 0.155. The Morgan fingerprint density at radius 3 is 2.26 bits per heavy atom. The Kier molecular flexibility index (Phi) is 7.59. The molecule has 0 fully saturated rings. The predicted molar refractivity (Wildman–Crippen MR) is 120 cm³/mol. The number of para-hydroxylation sites is 2. The van der Waals surface area contributed by atoms with E-state index in [1.165, 1.54) is 0 Å². The molecule has 0 atom stereocenters. The monoisotopic (exact) mass is 422 g/mol. The molecule has 0 aromatic heterocycles. The molecule has 0 aliphatic rings. The zero-order valence-corrected chi connectivity index (χ0v) is 17.8. The molecule has 2 N–H and O–H groups in total. The van der Waals surface area contributed by atoms with Gasteiger partial charge in [-0.25, -0.2) is 0 Å². The van der Waals surface area contributed by atoms with Crippen LogP contribution in [0.4, 0.5) is 11.4 Å². The normalized spacial score (nSPS) is 10.2. The molecule has 3 aromatic rings. The molecule has 162 valence electrons. The van der Waals surface area contributed by atoms with E-state index in [1.807, 2.05) is 48.5 Å². The first-order chi connectivity index (χ1) is 15.1. The number of carbonyl (C=O) groups excluding carboxylic acids is 1. The van der Waals surface area contributed by atoms with E-state index in [0.29, 0.717) is 29.5 Å². The lowest BCUT2D eigenvalue weighted by atomic mass is 10.2. The van der Waals surface area contributed by atoms with Gasteiger partial charge in [0.1, 0.15) is 11.5 Å². The number of nitrogens with one attached hydrogen (secondary N) is 2. The number of ether oxygens (including phenoxy) is 4. The summed E-state index contributed by atoms with van der Waals surface area (Å²) in [5.41, 5.74) is 2.58. The molecule has 0 saturated heterocycles. The van der Waals surface area contributed by atoms with Crippen LogP contribution in [0.2, 0.25) is 0 Å². The summed E-state index contributed by atoms with van der Waals surface area (Å²) in [6.07, 6.45) is 0. The van der Waals surface area contributed by atoms with Crippen molar-refractivity contribution in [2.24, 2.45) is 0 Å². The van der Waals surface area contributed by atoms with Crippen LogP contribution < -0.4 is 29.6 Å². The Hall–Kier alpha value is -3.87. The van der Waals surface area contributed by atoms with Gasteiger partial charge < -0.3 is 29.6 Å². The lowest BCUT2D eigenvalue weighted by molar-refractivity contribution is -0.118. The number of rotatable bonds is 10. The molecule has 31 heavy (non-hydrogen) atoms. The van der Waals surface area contributed by atoms with Gasteiger partial charge in [0.2, 0.25) is 0 Å². The molecule has 0 heterocycles. The van der Waals surface area contributed by atoms with Gasteiger partial charge in [0.05, 0.1) is 27.0 Å². The highest BCUT2D eigenvalue weighted by Crippen LogP contribution is 2.29. The Balaban J connectivity index is 1.57. The average molecular weight is 422 g/mol. The highest BCUT2D eigenvalue weighted by molar-refractivity contribution is 5.93. The lowest BCUT2D eigenvalue weighted by Crippen LogP contribution is -2.20. The largest absolute Gasteiger partial charge is 0.497 e. The van der Waals surface area contributed by atoms with E-state index < -0.39 is 0 Å². The molecule has 0 radical (unpaired) electrons. The van der Waals surface area contributed by atoms with Crippen LogP contribution in [0.25, 0.3) is 0 Å². The highest BCUT2D eigenvalue weighted by atomic mass is 16.5. The number of methoxy groups -OCH3 is 3. The zero-order chi connectivity index (χ0) is 22.1. The van der Waals surface area contributed by atoms with E-state index in [2.05, 4.69) is 10.6 Å². The van der Waals surface area contributed by atoms with E-state index in [4.69, 9.17) is 18.9 Å². The second kappa shape index (κ2) is 10.8. The zero-order valence-electron chi connectivity index (χ0n) is 17.8. The number of anilines is 2. The van der Waals surface area contributed by atoms with Gasteiger partial charge in [-0.15, -0.1) is 0 Å². The summed E-state index contributed by atoms with van der Waals surface area (Å²) < 4.78 is 21.5. The summed E-state index contributed by atoms with van der Waals surface area (Å²) in [5.74, 6) is 2.15. The SMILES string of the molecule is COc1ccc(NCc2ccc(OCC(=O)Nc3ccccc3OC)c(OC)c2)cc1. The fraction of sp³-hybridized carbons (Fsp3) is 0.208. The van der Waals surface area contributed by atoms with Crippen LogP contribution in [0.1, 0.15) is 5.56 Å². The van der Waals surface area contributed by atoms with Crippen LogP contribution in [0.5, 0.6) is 23.0 Å². The molecular formula is C24H26N2O5. The molecule has 0 unspecified atom stereocenters. The fourth-order valence-corrected chi connectivity index (χ4v) is 2.93. The van der Waals surface area contributed by atoms with Crippen molar-refractivity contribution in [1.82, 2.24) is 0 Å². The molecule has 0 aliphatic carbocycles. The number of carbonyl (C=O) groups is 1. The number of hydrogen-bond acceptors (Lipinski definition) is 6. The highest BCUT2D eigenvalue weighted by Gasteiger charge is 2.11. The van der Waals surface area contributed by atoms with Gasteiger partial charge in [-0.05, 0) is 54.1 Å². The van der Waals surface area contributed by atoms with Crippen molar-refractivity contribution in [2.45, 2.75) is 6.54 Å². The van der Waals surface area contributed by atoms with Crippen molar-refractivity contribution in [3.63, 3.8) is 0 Å². The van der Waals surface area contributed by atoms with Crippen molar-refractivity contribution in [2.75, 3.05) is 38.6 Å². The van der Waals surface area contributed by atoms with Crippen molar-refractivity contribution in [3.05, 3.63) is 72.3 Å². The minimum atomic E-state index is -0.295. The van der Waals surface area contributed by atoms with Gasteiger partial charge in [0.15, 0.2) is 18.1 Å². The fourth-order valence-electron chi connectivity index (χ4n) is 2.93. The molecule has 3 aromatic carbocycles. The van der Waals surface area contributed by atoms with Crippen LogP contribution in [-0.2, 0) is 11.3 Å². The third kappa shape index (κ3) is 6.05. The average Bonchev–Trinajstić information content (AvgIpc) is 2.82. The minimum Gasteiger partial charge on any atom is -0.497 e. The molecular weight excluding hydrogens is 396 g/mol. The molecule has 0 saturated carbocycles. The van der Waals surface area contributed by atoms with Gasteiger partial charge >= 0.3 is 0 Å². The number of benzene rings is 3. The van der Waals surface area contributed by atoms with Crippen molar-refractivity contribution in [1.29, 1.82) is 0 Å². The molecule has 1 amide bonds. The summed E-state index contributed by atoms with van der Waals surface area (Å²) in [5, 5.41) is 6.12. The van der Waals surface area contributed by atoms with Crippen molar-refractivity contribution < 1.29 is 23.7 Å². The summed E-state index contributed by atoms with van der Waals surface area (Å²) in [6.45, 7) is 0.453. The molecule has 0 spiro atoms. The quantitative estimate of drug-likeness (QED) is 0.506. The van der Waals surface area contributed by atoms with E-state index in [-0.39, 0.29) is 12.5 Å². The third-order valence-electron chi connectivity index (χ3n) is 4.55. The lowest BCUT2D eigenvalue weighted by Gasteiger charge is -2.14. The summed E-state index contributed by atoms with van der Waals surface area (Å²) in [4.78, 5) is 12.3. The first-order valence-corrected chi connectivity index (χ1v) is 9.73. The van der Waals surface area contributed by atoms with E-state index >= 15 is 0 Å². The van der Waals surface area contributed by atoms with Gasteiger partial charge in [0, 0.05) is 12.2 Å². The van der Waals surface area contributed by atoms with Gasteiger partial charge in [-0.2, -0.15) is 0 Å². The van der Waals surface area contributed by atoms with Crippen LogP contribution >= 0.6 is 0 Å². The summed E-state index contributed by atoms with van der Waals surface area (Å²) >= 11 is 0. The first kappa shape index (κ1) is 21.8.